The van der Waals surface area contributed by atoms with Gasteiger partial charge in [-0.1, -0.05) is 252 Å². The van der Waals surface area contributed by atoms with E-state index in [1.165, 1.54) is 276 Å². The van der Waals surface area contributed by atoms with E-state index in [4.69, 9.17) is 0 Å². The smallest absolute Gasteiger partial charge is 0.171 e. The van der Waals surface area contributed by atoms with Crippen molar-refractivity contribution in [1.29, 1.82) is 0 Å². The molecule has 0 aliphatic rings. The Morgan fingerprint density at radius 1 is 0.269 bits per heavy atom. The van der Waals surface area contributed by atoms with E-state index in [1.54, 1.807) is 11.1 Å². The van der Waals surface area contributed by atoms with Crippen LogP contribution < -0.4 is 4.57 Å². The maximum Gasteiger partial charge on any atom is 0.171 e. The lowest BCUT2D eigenvalue weighted by Gasteiger charge is -2.08. The largest absolute Gasteiger partial charge is 0.205 e. The van der Waals surface area contributed by atoms with Crippen LogP contribution in [0.25, 0.3) is 0 Å². The lowest BCUT2D eigenvalue weighted by molar-refractivity contribution is -0.698. The fourth-order valence-electron chi connectivity index (χ4n) is 8.36. The molecule has 0 saturated heterocycles. The first-order valence-electron chi connectivity index (χ1n) is 24.8. The van der Waals surface area contributed by atoms with Gasteiger partial charge < -0.3 is 0 Å². The normalized spacial score (nSPS) is 11.6. The molecular formula is C51H98N+. The van der Waals surface area contributed by atoms with Gasteiger partial charge >= 0.3 is 0 Å². The third-order valence-electron chi connectivity index (χ3n) is 11.9. The predicted molar refractivity (Wildman–Crippen MR) is 236 cm³/mol. The Bertz CT molecular complexity index is 761. The van der Waals surface area contributed by atoms with Crippen LogP contribution in [-0.2, 0) is 19.4 Å². The van der Waals surface area contributed by atoms with Gasteiger partial charge in [0, 0.05) is 17.5 Å². The van der Waals surface area contributed by atoms with Crippen molar-refractivity contribution in [3.05, 3.63) is 29.6 Å². The van der Waals surface area contributed by atoms with Gasteiger partial charge in [0.1, 0.15) is 6.54 Å². The molecule has 0 radical (unpaired) electrons. The number of pyridine rings is 1. The summed E-state index contributed by atoms with van der Waals surface area (Å²) in [5.41, 5.74) is 3.22. The van der Waals surface area contributed by atoms with Crippen molar-refractivity contribution >= 4 is 0 Å². The summed E-state index contributed by atoms with van der Waals surface area (Å²) < 4.78 is 2.59. The predicted octanol–water partition coefficient (Wildman–Crippen LogP) is 17.7. The summed E-state index contributed by atoms with van der Waals surface area (Å²) in [5.74, 6) is 0. The van der Waals surface area contributed by atoms with Crippen LogP contribution in [0, 0.1) is 0 Å². The minimum atomic E-state index is 1.22. The van der Waals surface area contributed by atoms with E-state index in [2.05, 4.69) is 43.8 Å². The van der Waals surface area contributed by atoms with Crippen molar-refractivity contribution in [3.63, 3.8) is 0 Å². The van der Waals surface area contributed by atoms with E-state index >= 15 is 0 Å². The van der Waals surface area contributed by atoms with Gasteiger partial charge in [-0.25, -0.2) is 4.57 Å². The Hall–Kier alpha value is -0.850. The van der Waals surface area contributed by atoms with Gasteiger partial charge in [-0.05, 0) is 38.2 Å². The molecule has 1 aromatic heterocycles. The van der Waals surface area contributed by atoms with Gasteiger partial charge in [-0.2, -0.15) is 0 Å². The van der Waals surface area contributed by atoms with Gasteiger partial charge in [0.2, 0.25) is 0 Å². The second kappa shape index (κ2) is 41.3. The van der Waals surface area contributed by atoms with Crippen LogP contribution >= 0.6 is 0 Å². The molecule has 0 atom stereocenters. The Kier molecular flexibility index (Phi) is 39.1. The number of nitrogens with zero attached hydrogens (tertiary/aromatic N) is 1. The quantitative estimate of drug-likeness (QED) is 0.0466. The molecule has 0 aromatic carbocycles. The first-order chi connectivity index (χ1) is 25.8. The Labute approximate surface area is 330 Å². The van der Waals surface area contributed by atoms with Crippen molar-refractivity contribution in [2.75, 3.05) is 0 Å². The molecule has 1 heterocycles. The van der Waals surface area contributed by atoms with Crippen molar-refractivity contribution in [2.45, 2.75) is 297 Å². The molecule has 1 rings (SSSR count). The Morgan fingerprint density at radius 2 is 0.481 bits per heavy atom. The van der Waals surface area contributed by atoms with Crippen LogP contribution in [0.1, 0.15) is 289 Å². The average molecular weight is 725 g/mol. The minimum absolute atomic E-state index is 1.22. The highest BCUT2D eigenvalue weighted by Gasteiger charge is 2.09. The number of hydrogen-bond acceptors (Lipinski definition) is 0. The van der Waals surface area contributed by atoms with E-state index in [-0.39, 0.29) is 0 Å². The van der Waals surface area contributed by atoms with Crippen molar-refractivity contribution in [2.24, 2.45) is 0 Å². The first kappa shape index (κ1) is 49.2. The van der Waals surface area contributed by atoms with Crippen LogP contribution in [0.3, 0.4) is 0 Å². The molecule has 1 heteroatoms. The topological polar surface area (TPSA) is 3.88 Å². The van der Waals surface area contributed by atoms with Crippen LogP contribution in [0.2, 0.25) is 0 Å². The van der Waals surface area contributed by atoms with Gasteiger partial charge in [-0.15, -0.1) is 0 Å². The molecule has 1 aromatic rings. The third kappa shape index (κ3) is 34.9. The lowest BCUT2D eigenvalue weighted by atomic mass is 10.0. The lowest BCUT2D eigenvalue weighted by Crippen LogP contribution is -2.34. The summed E-state index contributed by atoms with van der Waals surface area (Å²) in [5, 5.41) is 0. The fourth-order valence-corrected chi connectivity index (χ4v) is 8.36. The molecule has 0 amide bonds. The van der Waals surface area contributed by atoms with Crippen LogP contribution in [0.4, 0.5) is 0 Å². The molecular weight excluding hydrogens is 627 g/mol. The summed E-state index contributed by atoms with van der Waals surface area (Å²) in [4.78, 5) is 0. The van der Waals surface area contributed by atoms with E-state index in [9.17, 15) is 0 Å². The molecule has 0 fully saturated rings. The van der Waals surface area contributed by atoms with Crippen molar-refractivity contribution < 1.29 is 4.57 Å². The van der Waals surface area contributed by atoms with Gasteiger partial charge in [-0.3, -0.25) is 0 Å². The number of hydrogen-bond donors (Lipinski definition) is 0. The zero-order valence-corrected chi connectivity index (χ0v) is 36.6. The van der Waals surface area contributed by atoms with Crippen LogP contribution in [0.15, 0.2) is 18.5 Å². The molecule has 0 aliphatic heterocycles. The zero-order chi connectivity index (χ0) is 37.3. The standard InChI is InChI=1S/C51H98N/c1-4-7-10-13-16-19-22-24-26-28-30-32-35-38-41-44-50-47-51(49-52(48-50)46-43-40-37-34-21-18-15-12-9-6-3)45-42-39-36-33-31-29-27-25-23-20-17-14-11-8-5-2/h47-49H,4-46H2,1-3H3/q+1. The highest BCUT2D eigenvalue weighted by molar-refractivity contribution is 5.15. The summed E-state index contributed by atoms with van der Waals surface area (Å²) in [6.07, 6.45) is 65.3. The first-order valence-corrected chi connectivity index (χ1v) is 24.8. The fraction of sp³-hybridized carbons (Fsp3) is 0.902. The molecule has 0 spiro atoms. The van der Waals surface area contributed by atoms with Gasteiger partial charge in [0.15, 0.2) is 12.4 Å². The second-order valence-corrected chi connectivity index (χ2v) is 17.4. The number of aromatic nitrogens is 1. The second-order valence-electron chi connectivity index (χ2n) is 17.4. The maximum absolute atomic E-state index is 2.59. The van der Waals surface area contributed by atoms with E-state index in [0.717, 1.165) is 0 Å². The van der Waals surface area contributed by atoms with Crippen LogP contribution in [0.5, 0.6) is 0 Å². The minimum Gasteiger partial charge on any atom is -0.205 e. The molecule has 52 heavy (non-hydrogen) atoms. The number of unbranched alkanes of at least 4 members (excludes halogenated alkanes) is 37. The molecule has 306 valence electrons. The highest BCUT2D eigenvalue weighted by Crippen LogP contribution is 2.17. The SMILES string of the molecule is CCCCCCCCCCCCCCCCCc1cc(CCCCCCCCCCCCCCCCC)c[n+](CCCCCCCCCCCC)c1. The molecule has 0 aliphatic carbocycles. The summed E-state index contributed by atoms with van der Waals surface area (Å²) in [7, 11) is 0. The van der Waals surface area contributed by atoms with Gasteiger partial charge in [0.05, 0.1) is 0 Å². The highest BCUT2D eigenvalue weighted by atomic mass is 14.9. The number of rotatable bonds is 43. The summed E-state index contributed by atoms with van der Waals surface area (Å²) >= 11 is 0. The monoisotopic (exact) mass is 725 g/mol. The summed E-state index contributed by atoms with van der Waals surface area (Å²) in [6.45, 7) is 8.17. The molecule has 0 N–H and O–H groups in total. The van der Waals surface area contributed by atoms with Crippen LogP contribution in [-0.4, -0.2) is 0 Å². The van der Waals surface area contributed by atoms with E-state index in [0.29, 0.717) is 0 Å². The Morgan fingerprint density at radius 3 is 0.731 bits per heavy atom. The van der Waals surface area contributed by atoms with E-state index < -0.39 is 0 Å². The van der Waals surface area contributed by atoms with Crippen molar-refractivity contribution in [1.82, 2.24) is 0 Å². The molecule has 0 saturated carbocycles. The van der Waals surface area contributed by atoms with E-state index in [1.807, 2.05) is 0 Å². The number of aryl methyl sites for hydroxylation is 3. The van der Waals surface area contributed by atoms with Gasteiger partial charge in [0.25, 0.3) is 0 Å². The average Bonchev–Trinajstić information content (AvgIpc) is 3.15. The zero-order valence-electron chi connectivity index (χ0n) is 36.6. The maximum atomic E-state index is 2.59. The molecule has 1 nitrogen and oxygen atoms in total. The van der Waals surface area contributed by atoms with Crippen molar-refractivity contribution in [3.8, 4) is 0 Å². The summed E-state index contributed by atoms with van der Waals surface area (Å²) in [6, 6.07) is 2.59. The molecule has 0 unspecified atom stereocenters. The molecule has 0 bridgehead atoms. The third-order valence-corrected chi connectivity index (χ3v) is 11.9. The Balaban J connectivity index is 2.27.